The maximum Gasteiger partial charge on any atom is 0.226 e. The van der Waals surface area contributed by atoms with Gasteiger partial charge in [0.25, 0.3) is 0 Å². The highest BCUT2D eigenvalue weighted by molar-refractivity contribution is 5.83. The number of hydrogen-bond donors (Lipinski definition) is 2. The first-order chi connectivity index (χ1) is 11.0. The Balaban J connectivity index is 2.00. The molecule has 0 unspecified atom stereocenters. The van der Waals surface area contributed by atoms with Crippen LogP contribution in [-0.2, 0) is 22.7 Å². The molecule has 0 aliphatic heterocycles. The van der Waals surface area contributed by atoms with Gasteiger partial charge >= 0.3 is 0 Å². The van der Waals surface area contributed by atoms with Gasteiger partial charge in [-0.15, -0.1) is 0 Å². The van der Waals surface area contributed by atoms with E-state index in [0.717, 1.165) is 37.7 Å². The quantitative estimate of drug-likeness (QED) is 0.805. The van der Waals surface area contributed by atoms with Crippen molar-refractivity contribution < 1.29 is 9.53 Å². The molecular formula is C17H28N4O2. The Kier molecular flexibility index (Phi) is 5.93. The average Bonchev–Trinajstić information content (AvgIpc) is 2.95. The first-order valence-electron chi connectivity index (χ1n) is 8.34. The lowest BCUT2D eigenvalue weighted by molar-refractivity contribution is -0.132. The Morgan fingerprint density at radius 2 is 2.13 bits per heavy atom. The zero-order valence-corrected chi connectivity index (χ0v) is 14.4. The molecule has 0 aromatic carbocycles. The van der Waals surface area contributed by atoms with E-state index in [9.17, 15) is 4.79 Å². The third-order valence-electron chi connectivity index (χ3n) is 4.50. The molecule has 23 heavy (non-hydrogen) atoms. The van der Waals surface area contributed by atoms with Crippen LogP contribution in [0.3, 0.4) is 0 Å². The van der Waals surface area contributed by atoms with Gasteiger partial charge in [-0.25, -0.2) is 9.97 Å². The number of nitrogens with two attached hydrogens (primary N) is 1. The normalized spacial score (nSPS) is 16.7. The number of methoxy groups -OCH3 is 1. The summed E-state index contributed by atoms with van der Waals surface area (Å²) in [7, 11) is 1.59. The van der Waals surface area contributed by atoms with E-state index >= 15 is 0 Å². The van der Waals surface area contributed by atoms with Crippen LogP contribution >= 0.6 is 0 Å². The van der Waals surface area contributed by atoms with E-state index in [1.165, 1.54) is 0 Å². The number of hydrogen-bond acceptors (Lipinski definition) is 5. The Bertz CT molecular complexity index is 539. The van der Waals surface area contributed by atoms with Crippen molar-refractivity contribution in [3.8, 4) is 0 Å². The van der Waals surface area contributed by atoms with Gasteiger partial charge < -0.3 is 15.8 Å². The van der Waals surface area contributed by atoms with Crippen LogP contribution in [-0.4, -0.2) is 23.0 Å². The molecule has 0 radical (unpaired) electrons. The molecule has 1 aromatic heterocycles. The smallest absolute Gasteiger partial charge is 0.226 e. The zero-order valence-electron chi connectivity index (χ0n) is 14.4. The fourth-order valence-corrected chi connectivity index (χ4v) is 3.51. The van der Waals surface area contributed by atoms with Gasteiger partial charge in [0.2, 0.25) is 5.91 Å². The second-order valence-electron chi connectivity index (χ2n) is 6.90. The Morgan fingerprint density at radius 1 is 1.43 bits per heavy atom. The van der Waals surface area contributed by atoms with Gasteiger partial charge in [0.05, 0.1) is 0 Å². The third kappa shape index (κ3) is 4.41. The van der Waals surface area contributed by atoms with Crippen molar-refractivity contribution in [2.75, 3.05) is 12.8 Å². The molecule has 0 spiro atoms. The average molecular weight is 320 g/mol. The minimum absolute atomic E-state index is 0.143. The first-order valence-corrected chi connectivity index (χ1v) is 8.34. The third-order valence-corrected chi connectivity index (χ3v) is 4.50. The van der Waals surface area contributed by atoms with Gasteiger partial charge in [-0.2, -0.15) is 0 Å². The summed E-state index contributed by atoms with van der Waals surface area (Å²) in [5, 5.41) is 3.05. The van der Waals surface area contributed by atoms with E-state index in [0.29, 0.717) is 30.7 Å². The number of anilines is 1. The number of ether oxygens (including phenoxy) is 1. The highest BCUT2D eigenvalue weighted by atomic mass is 16.5. The molecule has 1 saturated carbocycles. The van der Waals surface area contributed by atoms with E-state index < -0.39 is 0 Å². The molecule has 6 nitrogen and oxygen atoms in total. The summed E-state index contributed by atoms with van der Waals surface area (Å²) in [6, 6.07) is 0. The molecule has 1 aliphatic carbocycles. The van der Waals surface area contributed by atoms with Crippen molar-refractivity contribution in [2.45, 2.75) is 59.1 Å². The molecule has 1 aliphatic rings. The van der Waals surface area contributed by atoms with Crippen molar-refractivity contribution >= 4 is 11.7 Å². The topological polar surface area (TPSA) is 90.1 Å². The number of carbonyl (C=O) groups excluding carboxylic acids is 1. The predicted octanol–water partition coefficient (Wildman–Crippen LogP) is 2.43. The Hall–Kier alpha value is -1.69. The van der Waals surface area contributed by atoms with Crippen LogP contribution in [0.25, 0.3) is 0 Å². The van der Waals surface area contributed by atoms with E-state index in [4.69, 9.17) is 10.5 Å². The van der Waals surface area contributed by atoms with Crippen molar-refractivity contribution in [2.24, 2.45) is 11.3 Å². The van der Waals surface area contributed by atoms with Crippen LogP contribution in [0.2, 0.25) is 0 Å². The highest BCUT2D eigenvalue weighted by Crippen LogP contribution is 2.43. The largest absolute Gasteiger partial charge is 0.383 e. The molecule has 0 bridgehead atoms. The number of nitrogens with zero attached hydrogens (tertiary/aromatic N) is 2. The molecule has 3 N–H and O–H groups in total. The first kappa shape index (κ1) is 17.7. The second kappa shape index (κ2) is 7.73. The summed E-state index contributed by atoms with van der Waals surface area (Å²) in [4.78, 5) is 21.1. The summed E-state index contributed by atoms with van der Waals surface area (Å²) >= 11 is 0. The van der Waals surface area contributed by atoms with Crippen molar-refractivity contribution in [1.82, 2.24) is 15.3 Å². The van der Waals surface area contributed by atoms with Crippen molar-refractivity contribution in [3.05, 3.63) is 17.6 Å². The lowest BCUT2D eigenvalue weighted by Crippen LogP contribution is -2.40. The van der Waals surface area contributed by atoms with Crippen LogP contribution in [0.4, 0.5) is 5.82 Å². The molecule has 1 aromatic rings. The van der Waals surface area contributed by atoms with Crippen LogP contribution in [0, 0.1) is 11.3 Å². The Labute approximate surface area is 138 Å². The Morgan fingerprint density at radius 3 is 2.70 bits per heavy atom. The fraction of sp³-hybridized carbons (Fsp3) is 0.706. The van der Waals surface area contributed by atoms with Crippen LogP contribution in [0.1, 0.15) is 57.3 Å². The molecule has 128 valence electrons. The lowest BCUT2D eigenvalue weighted by atomic mass is 9.77. The summed E-state index contributed by atoms with van der Waals surface area (Å²) in [6.45, 7) is 5.05. The molecule has 6 heteroatoms. The molecular weight excluding hydrogens is 292 g/mol. The number of nitrogens with one attached hydrogen (secondary N) is 1. The number of carbonyl (C=O) groups is 1. The minimum Gasteiger partial charge on any atom is -0.383 e. The zero-order chi connectivity index (χ0) is 16.9. The second-order valence-corrected chi connectivity index (χ2v) is 6.90. The maximum atomic E-state index is 12.7. The van der Waals surface area contributed by atoms with E-state index in [1.807, 2.05) is 0 Å². The van der Waals surface area contributed by atoms with Gasteiger partial charge in [0.15, 0.2) is 5.82 Å². The van der Waals surface area contributed by atoms with E-state index in [-0.39, 0.29) is 11.3 Å². The van der Waals surface area contributed by atoms with Gasteiger partial charge in [-0.3, -0.25) is 4.79 Å². The summed E-state index contributed by atoms with van der Waals surface area (Å²) < 4.78 is 4.99. The molecule has 1 heterocycles. The maximum absolute atomic E-state index is 12.7. The van der Waals surface area contributed by atoms with Gasteiger partial charge in [0.1, 0.15) is 12.4 Å². The monoisotopic (exact) mass is 320 g/mol. The molecule has 1 amide bonds. The van der Waals surface area contributed by atoms with E-state index in [1.54, 1.807) is 13.3 Å². The lowest BCUT2D eigenvalue weighted by Gasteiger charge is -2.29. The predicted molar refractivity (Wildman–Crippen MR) is 89.4 cm³/mol. The number of amides is 1. The van der Waals surface area contributed by atoms with E-state index in [2.05, 4.69) is 29.1 Å². The molecule has 1 fully saturated rings. The minimum atomic E-state index is -0.209. The van der Waals surface area contributed by atoms with Crippen LogP contribution < -0.4 is 11.1 Å². The molecule has 0 saturated heterocycles. The van der Waals surface area contributed by atoms with Crippen LogP contribution in [0.15, 0.2) is 6.20 Å². The van der Waals surface area contributed by atoms with Gasteiger partial charge in [0, 0.05) is 30.8 Å². The van der Waals surface area contributed by atoms with Gasteiger partial charge in [-0.05, 0) is 25.2 Å². The summed E-state index contributed by atoms with van der Waals surface area (Å²) in [6.07, 6.45) is 6.85. The van der Waals surface area contributed by atoms with Crippen molar-refractivity contribution in [1.29, 1.82) is 0 Å². The van der Waals surface area contributed by atoms with Gasteiger partial charge in [-0.1, -0.05) is 26.7 Å². The number of nitrogen functional groups attached to an aromatic ring is 1. The number of rotatable bonds is 7. The summed E-state index contributed by atoms with van der Waals surface area (Å²) in [5.41, 5.74) is 6.48. The highest BCUT2D eigenvalue weighted by Gasteiger charge is 2.41. The standard InChI is InChI=1S/C17H28N4O2/c1-12(2)8-17(6-4-5-7-17)16(22)20-10-13-9-19-14(11-23-3)21-15(13)18/h9,12H,4-8,10-11H2,1-3H3,(H,20,22)(H2,18,19,21). The fourth-order valence-electron chi connectivity index (χ4n) is 3.51. The SMILES string of the molecule is COCc1ncc(CNC(=O)C2(CC(C)C)CCCC2)c(N)n1. The molecule has 0 atom stereocenters. The molecule has 2 rings (SSSR count). The van der Waals surface area contributed by atoms with Crippen LogP contribution in [0.5, 0.6) is 0 Å². The van der Waals surface area contributed by atoms with Crippen molar-refractivity contribution in [3.63, 3.8) is 0 Å². The number of aromatic nitrogens is 2. The summed E-state index contributed by atoms with van der Waals surface area (Å²) in [5.74, 6) is 1.61.